The van der Waals surface area contributed by atoms with Crippen LogP contribution in [0.2, 0.25) is 5.02 Å². The Morgan fingerprint density at radius 2 is 1.96 bits per heavy atom. The molecular weight excluding hydrogens is 409 g/mol. The van der Waals surface area contributed by atoms with Gasteiger partial charge in [-0.05, 0) is 35.9 Å². The maximum Gasteiger partial charge on any atom is 0.239 e. The van der Waals surface area contributed by atoms with E-state index in [1.54, 1.807) is 24.3 Å². The molecule has 0 aliphatic carbocycles. The van der Waals surface area contributed by atoms with Crippen LogP contribution in [0.5, 0.6) is 0 Å². The van der Waals surface area contributed by atoms with Gasteiger partial charge in [0.2, 0.25) is 5.91 Å². The van der Waals surface area contributed by atoms with E-state index in [1.165, 1.54) is 12.1 Å². The Hall–Kier alpha value is -1.44. The van der Waals surface area contributed by atoms with Crippen LogP contribution in [0.3, 0.4) is 0 Å². The largest absolute Gasteiger partial charge is 0.325 e. The molecule has 0 fully saturated rings. The first-order valence-corrected chi connectivity index (χ1v) is 9.44. The standard InChI is InChI=1S/C15H12BrClFNO3S/c16-11-3-1-2-10(6-11)8-23(21,22)9-15(20)19-12-4-5-14(18)13(17)7-12/h1-7H,8-9H2,(H,19,20). The molecule has 0 aliphatic heterocycles. The van der Waals surface area contributed by atoms with Crippen molar-refractivity contribution in [2.75, 3.05) is 11.1 Å². The predicted octanol–water partition coefficient (Wildman–Crippen LogP) is 3.80. The first kappa shape index (κ1) is 17.9. The third-order valence-corrected chi connectivity index (χ3v) is 5.09. The summed E-state index contributed by atoms with van der Waals surface area (Å²) < 4.78 is 37.9. The van der Waals surface area contributed by atoms with E-state index in [9.17, 15) is 17.6 Å². The third-order valence-electron chi connectivity index (χ3n) is 2.83. The molecule has 2 aromatic carbocycles. The van der Waals surface area contributed by atoms with E-state index < -0.39 is 27.3 Å². The third kappa shape index (κ3) is 5.60. The average molecular weight is 421 g/mol. The lowest BCUT2D eigenvalue weighted by molar-refractivity contribution is -0.113. The van der Waals surface area contributed by atoms with Gasteiger partial charge in [0.1, 0.15) is 11.6 Å². The lowest BCUT2D eigenvalue weighted by Crippen LogP contribution is -2.24. The van der Waals surface area contributed by atoms with Crippen molar-refractivity contribution >= 4 is 49.0 Å². The Labute approximate surface area is 146 Å². The van der Waals surface area contributed by atoms with Crippen molar-refractivity contribution in [3.05, 3.63) is 63.3 Å². The quantitative estimate of drug-likeness (QED) is 0.800. The summed E-state index contributed by atoms with van der Waals surface area (Å²) >= 11 is 8.86. The van der Waals surface area contributed by atoms with Gasteiger partial charge in [-0.1, -0.05) is 39.7 Å². The number of hydrogen-bond donors (Lipinski definition) is 1. The molecular formula is C15H12BrClFNO3S. The molecule has 4 nitrogen and oxygen atoms in total. The maximum absolute atomic E-state index is 13.0. The molecule has 0 heterocycles. The Morgan fingerprint density at radius 1 is 1.22 bits per heavy atom. The summed E-state index contributed by atoms with van der Waals surface area (Å²) in [5, 5.41) is 2.23. The van der Waals surface area contributed by atoms with Gasteiger partial charge < -0.3 is 5.32 Å². The number of amides is 1. The average Bonchev–Trinajstić information content (AvgIpc) is 2.41. The second-order valence-corrected chi connectivity index (χ2v) is 8.23. The molecule has 2 rings (SSSR count). The van der Waals surface area contributed by atoms with Crippen molar-refractivity contribution in [1.82, 2.24) is 0 Å². The fourth-order valence-electron chi connectivity index (χ4n) is 1.90. The number of hydrogen-bond acceptors (Lipinski definition) is 3. The van der Waals surface area contributed by atoms with E-state index in [0.717, 1.165) is 10.5 Å². The fraction of sp³-hybridized carbons (Fsp3) is 0.133. The maximum atomic E-state index is 13.0. The van der Waals surface area contributed by atoms with Crippen LogP contribution >= 0.6 is 27.5 Å². The summed E-state index contributed by atoms with van der Waals surface area (Å²) in [5.74, 6) is -2.24. The first-order chi connectivity index (χ1) is 10.7. The van der Waals surface area contributed by atoms with Crippen molar-refractivity contribution in [3.8, 4) is 0 Å². The van der Waals surface area contributed by atoms with E-state index in [4.69, 9.17) is 11.6 Å². The summed E-state index contributed by atoms with van der Waals surface area (Å²) in [6, 6.07) is 10.5. The minimum absolute atomic E-state index is 0.153. The molecule has 0 unspecified atom stereocenters. The summed E-state index contributed by atoms with van der Waals surface area (Å²) in [6.07, 6.45) is 0. The van der Waals surface area contributed by atoms with Gasteiger partial charge in [-0.3, -0.25) is 4.79 Å². The van der Waals surface area contributed by atoms with Crippen molar-refractivity contribution < 1.29 is 17.6 Å². The zero-order chi connectivity index (χ0) is 17.0. The van der Waals surface area contributed by atoms with E-state index >= 15 is 0 Å². The van der Waals surface area contributed by atoms with Gasteiger partial charge in [0.25, 0.3) is 0 Å². The molecule has 0 spiro atoms. The second-order valence-electron chi connectivity index (χ2n) is 4.84. The first-order valence-electron chi connectivity index (χ1n) is 6.45. The number of carbonyl (C=O) groups is 1. The van der Waals surface area contributed by atoms with Crippen molar-refractivity contribution in [1.29, 1.82) is 0 Å². The topological polar surface area (TPSA) is 63.2 Å². The molecule has 8 heteroatoms. The lowest BCUT2D eigenvalue weighted by atomic mass is 10.2. The molecule has 122 valence electrons. The Kier molecular flexibility index (Phi) is 5.78. The van der Waals surface area contributed by atoms with Crippen LogP contribution in [0.1, 0.15) is 5.56 Å². The molecule has 1 amide bonds. The molecule has 0 saturated carbocycles. The summed E-state index contributed by atoms with van der Waals surface area (Å²) in [5.41, 5.74) is 0.816. The lowest BCUT2D eigenvalue weighted by Gasteiger charge is -2.07. The molecule has 0 aliphatic rings. The zero-order valence-corrected chi connectivity index (χ0v) is 14.9. The van der Waals surface area contributed by atoms with E-state index in [2.05, 4.69) is 21.2 Å². The Morgan fingerprint density at radius 3 is 2.61 bits per heavy atom. The number of halogens is 3. The zero-order valence-electron chi connectivity index (χ0n) is 11.7. The van der Waals surface area contributed by atoms with Crippen LogP contribution in [0.15, 0.2) is 46.9 Å². The van der Waals surface area contributed by atoms with Crippen LogP contribution in [0.25, 0.3) is 0 Å². The van der Waals surface area contributed by atoms with Crippen LogP contribution in [0, 0.1) is 5.82 Å². The number of sulfone groups is 1. The summed E-state index contributed by atoms with van der Waals surface area (Å²) in [6.45, 7) is 0. The van der Waals surface area contributed by atoms with Crippen molar-refractivity contribution in [2.45, 2.75) is 5.75 Å². The van der Waals surface area contributed by atoms with Gasteiger partial charge in [-0.2, -0.15) is 0 Å². The number of nitrogens with one attached hydrogen (secondary N) is 1. The van der Waals surface area contributed by atoms with E-state index in [-0.39, 0.29) is 16.5 Å². The van der Waals surface area contributed by atoms with Crippen LogP contribution in [0.4, 0.5) is 10.1 Å². The smallest absolute Gasteiger partial charge is 0.239 e. The van der Waals surface area contributed by atoms with Crippen molar-refractivity contribution in [3.63, 3.8) is 0 Å². The Balaban J connectivity index is 2.02. The van der Waals surface area contributed by atoms with Crippen LogP contribution in [-0.4, -0.2) is 20.1 Å². The minimum Gasteiger partial charge on any atom is -0.325 e. The highest BCUT2D eigenvalue weighted by atomic mass is 79.9. The summed E-state index contributed by atoms with van der Waals surface area (Å²) in [7, 11) is -3.63. The number of benzene rings is 2. The molecule has 23 heavy (non-hydrogen) atoms. The monoisotopic (exact) mass is 419 g/mol. The van der Waals surface area contributed by atoms with Crippen molar-refractivity contribution in [2.24, 2.45) is 0 Å². The summed E-state index contributed by atoms with van der Waals surface area (Å²) in [4.78, 5) is 11.8. The van der Waals surface area contributed by atoms with Crippen LogP contribution in [-0.2, 0) is 20.4 Å². The van der Waals surface area contributed by atoms with Gasteiger partial charge in [-0.15, -0.1) is 0 Å². The van der Waals surface area contributed by atoms with Gasteiger partial charge in [0, 0.05) is 10.2 Å². The molecule has 0 radical (unpaired) electrons. The molecule has 2 aromatic rings. The number of rotatable bonds is 5. The number of anilines is 1. The molecule has 0 saturated heterocycles. The van der Waals surface area contributed by atoms with E-state index in [0.29, 0.717) is 5.56 Å². The normalized spacial score (nSPS) is 11.3. The highest BCUT2D eigenvalue weighted by Crippen LogP contribution is 2.19. The minimum atomic E-state index is -3.63. The molecule has 0 atom stereocenters. The van der Waals surface area contributed by atoms with Gasteiger partial charge in [0.05, 0.1) is 10.8 Å². The highest BCUT2D eigenvalue weighted by Gasteiger charge is 2.18. The molecule has 0 aromatic heterocycles. The fourth-order valence-corrected chi connectivity index (χ4v) is 3.79. The van der Waals surface area contributed by atoms with Crippen LogP contribution < -0.4 is 5.32 Å². The van der Waals surface area contributed by atoms with Gasteiger partial charge in [-0.25, -0.2) is 12.8 Å². The predicted molar refractivity (Wildman–Crippen MR) is 91.7 cm³/mol. The second kappa shape index (κ2) is 7.42. The Bertz CT molecular complexity index is 842. The highest BCUT2D eigenvalue weighted by molar-refractivity contribution is 9.10. The van der Waals surface area contributed by atoms with Gasteiger partial charge >= 0.3 is 0 Å². The molecule has 1 N–H and O–H groups in total. The molecule has 0 bridgehead atoms. The van der Waals surface area contributed by atoms with E-state index in [1.807, 2.05) is 0 Å². The van der Waals surface area contributed by atoms with Gasteiger partial charge in [0.15, 0.2) is 9.84 Å². The number of carbonyl (C=O) groups excluding carboxylic acids is 1. The SMILES string of the molecule is O=C(CS(=O)(=O)Cc1cccc(Br)c1)Nc1ccc(F)c(Cl)c1.